The van der Waals surface area contributed by atoms with Gasteiger partial charge in [0.2, 0.25) is 0 Å². The largest absolute Gasteiger partial charge is 0.822 e. The Bertz CT molecular complexity index is 55.8. The van der Waals surface area contributed by atoms with E-state index in [0.717, 1.165) is 0 Å². The normalized spacial score (nSPS) is 8.43. The molecule has 0 N–H and O–H groups in total. The first-order valence-electron chi connectivity index (χ1n) is 0.730. The van der Waals surface area contributed by atoms with E-state index >= 15 is 0 Å². The third-order valence-electron chi connectivity index (χ3n) is 0. The molecule has 0 amide bonds. The van der Waals surface area contributed by atoms with Crippen LogP contribution < -0.4 is 14.7 Å². The molecule has 0 fully saturated rings. The Morgan fingerprint density at radius 2 is 1.14 bits per heavy atom. The number of hydrogen-bond donors (Lipinski definition) is 0. The predicted molar refractivity (Wildman–Crippen MR) is 18.7 cm³/mol. The van der Waals surface area contributed by atoms with E-state index in [1.807, 2.05) is 0 Å². The molecule has 0 aliphatic carbocycles. The Balaban J connectivity index is -0.0000000800. The second-order valence-corrected chi connectivity index (χ2v) is 1.34. The molecule has 1 atom stereocenters. The first kappa shape index (κ1) is 15.7. The third kappa shape index (κ3) is 148. The summed E-state index contributed by atoms with van der Waals surface area (Å²) in [5.41, 5.74) is 0. The van der Waals surface area contributed by atoms with Gasteiger partial charge < -0.3 is 19.2 Å². The molecule has 7 heavy (non-hydrogen) atoms. The van der Waals surface area contributed by atoms with E-state index in [2.05, 4.69) is 0 Å². The minimum atomic E-state index is -5.39. The predicted octanol–water partition coefficient (Wildman–Crippen LogP) is -2.77. The molecule has 0 aromatic carbocycles. The molecule has 45 valence electrons. The van der Waals surface area contributed by atoms with E-state index in [1.54, 1.807) is 0 Å². The van der Waals surface area contributed by atoms with Crippen molar-refractivity contribution in [3.8, 4) is 0 Å². The molecule has 0 saturated carbocycles. The van der Waals surface area contributed by atoms with Gasteiger partial charge in [-0.15, -0.1) is 0 Å². The fourth-order valence-electron chi connectivity index (χ4n) is 0. The molecule has 1 unspecified atom stereocenters. The smallest absolute Gasteiger partial charge is 0 e. The molecule has 0 aromatic rings. The zero-order chi connectivity index (χ0) is 4.50. The van der Waals surface area contributed by atoms with Crippen LogP contribution in [0.4, 0.5) is 0 Å². The van der Waals surface area contributed by atoms with Crippen LogP contribution in [-0.2, 0) is 23.1 Å². The van der Waals surface area contributed by atoms with Crippen molar-refractivity contribution in [1.82, 2.24) is 0 Å². The van der Waals surface area contributed by atoms with Crippen LogP contribution in [0.1, 0.15) is 0 Å². The van der Waals surface area contributed by atoms with Gasteiger partial charge in [-0.3, -0.25) is 0 Å². The SMILES string of the molecule is O=P([O-])([O-])[O-].P.[V]. The van der Waals surface area contributed by atoms with Gasteiger partial charge in [0.25, 0.3) is 0 Å². The van der Waals surface area contributed by atoms with Crippen molar-refractivity contribution in [2.45, 2.75) is 0 Å². The van der Waals surface area contributed by atoms with Gasteiger partial charge in [-0.2, -0.15) is 17.7 Å². The Hall–Kier alpha value is 1.12. The van der Waals surface area contributed by atoms with E-state index in [0.29, 0.717) is 0 Å². The summed E-state index contributed by atoms with van der Waals surface area (Å²) in [5, 5.41) is 0. The number of phosphoric acid groups is 1. The first-order chi connectivity index (χ1) is 2.00. The molecule has 0 saturated heterocycles. The number of hydrogen-bond acceptors (Lipinski definition) is 4. The zero-order valence-electron chi connectivity index (χ0n) is 3.23. The van der Waals surface area contributed by atoms with Crippen molar-refractivity contribution >= 4 is 17.7 Å². The van der Waals surface area contributed by atoms with Crippen molar-refractivity contribution < 1.29 is 37.8 Å². The monoisotopic (exact) mass is 180 g/mol. The summed E-state index contributed by atoms with van der Waals surface area (Å²) < 4.78 is 8.55. The van der Waals surface area contributed by atoms with Crippen LogP contribution >= 0.6 is 17.7 Å². The van der Waals surface area contributed by atoms with Gasteiger partial charge in [-0.25, -0.2) is 0 Å². The van der Waals surface area contributed by atoms with Crippen LogP contribution in [0.2, 0.25) is 0 Å². The summed E-state index contributed by atoms with van der Waals surface area (Å²) in [7, 11) is -5.39. The van der Waals surface area contributed by atoms with E-state index in [9.17, 15) is 0 Å². The number of rotatable bonds is 0. The van der Waals surface area contributed by atoms with Crippen LogP contribution in [0, 0.1) is 0 Å². The molecule has 0 spiro atoms. The third-order valence-corrected chi connectivity index (χ3v) is 0. The van der Waals surface area contributed by atoms with Crippen LogP contribution in [0.15, 0.2) is 0 Å². The Kier molecular flexibility index (Phi) is 11.8. The second kappa shape index (κ2) is 5.26. The molecule has 1 radical (unpaired) electrons. The van der Waals surface area contributed by atoms with Gasteiger partial charge in [0.1, 0.15) is 0 Å². The Morgan fingerprint density at radius 1 is 1.14 bits per heavy atom. The van der Waals surface area contributed by atoms with E-state index < -0.39 is 7.82 Å². The van der Waals surface area contributed by atoms with Crippen molar-refractivity contribution in [2.24, 2.45) is 0 Å². The van der Waals surface area contributed by atoms with Crippen molar-refractivity contribution in [2.75, 3.05) is 0 Å². The fraction of sp³-hybridized carbons (Fsp3) is 0. The van der Waals surface area contributed by atoms with Gasteiger partial charge in [0.15, 0.2) is 0 Å². The molecule has 0 aromatic heterocycles. The average Bonchev–Trinajstić information content (AvgIpc) is 0.722. The maximum absolute atomic E-state index is 8.55. The zero-order valence-corrected chi connectivity index (χ0v) is 6.94. The van der Waals surface area contributed by atoms with Crippen molar-refractivity contribution in [1.29, 1.82) is 0 Å². The first-order valence-corrected chi connectivity index (χ1v) is 2.19. The summed E-state index contributed by atoms with van der Waals surface area (Å²) in [6, 6.07) is 0. The molecule has 4 nitrogen and oxygen atoms in total. The minimum absolute atomic E-state index is 0. The second-order valence-electron chi connectivity index (χ2n) is 0.447. The average molecular weight is 180 g/mol. The van der Waals surface area contributed by atoms with Crippen molar-refractivity contribution in [3.05, 3.63) is 0 Å². The fourth-order valence-corrected chi connectivity index (χ4v) is 0. The maximum Gasteiger partial charge on any atom is 0 e. The van der Waals surface area contributed by atoms with Crippen LogP contribution in [0.3, 0.4) is 0 Å². The van der Waals surface area contributed by atoms with E-state index in [4.69, 9.17) is 19.2 Å². The van der Waals surface area contributed by atoms with Crippen molar-refractivity contribution in [3.63, 3.8) is 0 Å². The molecule has 0 heterocycles. The summed E-state index contributed by atoms with van der Waals surface area (Å²) in [6.45, 7) is 0. The van der Waals surface area contributed by atoms with E-state index in [-0.39, 0.29) is 28.5 Å². The Labute approximate surface area is 56.1 Å². The van der Waals surface area contributed by atoms with Gasteiger partial charge in [0.05, 0.1) is 0 Å². The molecule has 0 aliphatic rings. The maximum atomic E-state index is 8.55. The summed E-state index contributed by atoms with van der Waals surface area (Å²) in [4.78, 5) is 25.6. The minimum Gasteiger partial charge on any atom is -0.822 e. The topological polar surface area (TPSA) is 86.2 Å². The quantitative estimate of drug-likeness (QED) is 0.377. The van der Waals surface area contributed by atoms with E-state index in [1.165, 1.54) is 0 Å². The summed E-state index contributed by atoms with van der Waals surface area (Å²) >= 11 is 0. The van der Waals surface area contributed by atoms with Gasteiger partial charge in [-0.05, 0) is 0 Å². The molecular weight excluding hydrogens is 177 g/mol. The van der Waals surface area contributed by atoms with Crippen LogP contribution in [0.5, 0.6) is 0 Å². The molecule has 0 rings (SSSR count). The molecule has 7 heteroatoms. The standard InChI is InChI=1S/H3O4P.H3P.V/c1-5(2,3)4;;/h(H3,1,2,3,4);1H3;/p-3. The molecule has 0 aliphatic heterocycles. The van der Waals surface area contributed by atoms with Gasteiger partial charge in [0, 0.05) is 18.6 Å². The summed E-state index contributed by atoms with van der Waals surface area (Å²) in [5.74, 6) is 0. The van der Waals surface area contributed by atoms with Gasteiger partial charge in [-0.1, -0.05) is 0 Å². The summed E-state index contributed by atoms with van der Waals surface area (Å²) in [6.07, 6.45) is 0. The van der Waals surface area contributed by atoms with Gasteiger partial charge >= 0.3 is 0 Å². The van der Waals surface area contributed by atoms with Crippen LogP contribution in [-0.4, -0.2) is 0 Å². The molecular formula is H3O4P2V-3. The molecule has 0 bridgehead atoms. The van der Waals surface area contributed by atoms with Crippen LogP contribution in [0.25, 0.3) is 0 Å². The Morgan fingerprint density at radius 3 is 1.14 bits per heavy atom.